The molecule has 1 aromatic heterocycles. The van der Waals surface area contributed by atoms with Gasteiger partial charge in [-0.25, -0.2) is 14.6 Å². The third kappa shape index (κ3) is 15.9. The van der Waals surface area contributed by atoms with Crippen molar-refractivity contribution in [3.05, 3.63) is 100 Å². The Balaban J connectivity index is 0.945. The molecule has 4 heterocycles. The highest BCUT2D eigenvalue weighted by atomic mass is 16.6. The first-order valence-corrected chi connectivity index (χ1v) is 26.1. The average Bonchev–Trinajstić information content (AvgIpc) is 3.74. The van der Waals surface area contributed by atoms with Gasteiger partial charge < -0.3 is 55.6 Å². The SMILES string of the molecule is COc1ccc2ncc(=O)n(CCN3CCC(N(Cc4ccc5c(c4)NC(=O)CO5)C(=O)OCc4ccc(NC(=O)C(CCCNC(N)=O)CC(=O)C(NC(=O)CCCCCN5C(=O)C=CC5=O)C(C)C)cc4)CC3)c2c1. The zero-order valence-corrected chi connectivity index (χ0v) is 43.8. The standard InChI is InChI=1S/C55H68N10O12/c1-35(2)52(61-47(67)9-5-4-6-23-64-49(69)18-19-50(64)70)45(66)29-38(8-7-22-57-54(56)73)53(72)59-39-13-10-36(11-14-39)33-77-55(74)65(32-37-12-17-46-43(28-37)60-48(68)34-76-46)40-20-24-62(25-21-40)26-27-63-44-30-41(75-3)15-16-42(44)58-31-51(63)71/h10-19,28,30-31,35,38,40,52H,4-9,20-27,29,32-34H2,1-3H3,(H,59,72)(H,60,68)(H,61,67)(H3,56,57,73). The van der Waals surface area contributed by atoms with Crippen LogP contribution in [0.3, 0.4) is 0 Å². The highest BCUT2D eigenvalue weighted by molar-refractivity contribution is 6.12. The number of ether oxygens (including phenoxy) is 3. The van der Waals surface area contributed by atoms with E-state index < -0.39 is 30.0 Å². The molecule has 1 fully saturated rings. The molecule has 6 N–H and O–H groups in total. The van der Waals surface area contributed by atoms with E-state index in [1.807, 2.05) is 12.1 Å². The molecule has 410 valence electrons. The maximum atomic E-state index is 14.1. The molecule has 8 amide bonds. The number of nitrogens with two attached hydrogens (primary N) is 1. The molecule has 2 atom stereocenters. The smallest absolute Gasteiger partial charge is 0.410 e. The summed E-state index contributed by atoms with van der Waals surface area (Å²) in [7, 11) is 1.57. The third-order valence-electron chi connectivity index (χ3n) is 13.9. The molecule has 2 unspecified atom stereocenters. The van der Waals surface area contributed by atoms with Crippen LogP contribution in [0.5, 0.6) is 11.5 Å². The molecule has 0 saturated carbocycles. The van der Waals surface area contributed by atoms with Gasteiger partial charge in [0.25, 0.3) is 23.3 Å². The van der Waals surface area contributed by atoms with Crippen molar-refractivity contribution >= 4 is 69.9 Å². The number of nitrogens with zero attached hydrogens (tertiary/aromatic N) is 5. The Bertz CT molecular complexity index is 2880. The number of benzene rings is 3. The number of nitrogens with one attached hydrogen (secondary N) is 4. The number of hydrogen-bond donors (Lipinski definition) is 5. The van der Waals surface area contributed by atoms with Crippen molar-refractivity contribution in [2.45, 2.75) is 103 Å². The second kappa shape index (κ2) is 27.1. The summed E-state index contributed by atoms with van der Waals surface area (Å²) < 4.78 is 18.6. The molecule has 0 spiro atoms. The molecule has 0 radical (unpaired) electrons. The number of fused-ring (bicyclic) bond motifs is 2. The van der Waals surface area contributed by atoms with Crippen molar-refractivity contribution in [3.8, 4) is 11.5 Å². The zero-order valence-electron chi connectivity index (χ0n) is 43.8. The number of methoxy groups -OCH3 is 1. The van der Waals surface area contributed by atoms with Gasteiger partial charge in [0.15, 0.2) is 12.4 Å². The summed E-state index contributed by atoms with van der Waals surface area (Å²) in [6, 6.07) is 15.8. The Hall–Kier alpha value is -8.14. The predicted molar refractivity (Wildman–Crippen MR) is 284 cm³/mol. The first-order chi connectivity index (χ1) is 37.0. The molecule has 1 saturated heterocycles. The van der Waals surface area contributed by atoms with Gasteiger partial charge in [-0.2, -0.15) is 0 Å². The van der Waals surface area contributed by atoms with Gasteiger partial charge in [-0.1, -0.05) is 38.5 Å². The molecule has 22 heteroatoms. The van der Waals surface area contributed by atoms with Crippen LogP contribution in [-0.2, 0) is 53.2 Å². The molecular weight excluding hydrogens is 993 g/mol. The number of unbranched alkanes of at least 4 members (excludes halogenated alkanes) is 2. The average molecular weight is 1060 g/mol. The summed E-state index contributed by atoms with van der Waals surface area (Å²) in [5.41, 5.74) is 8.76. The molecular formula is C55H68N10O12. The first-order valence-electron chi connectivity index (χ1n) is 26.1. The Morgan fingerprint density at radius 1 is 0.883 bits per heavy atom. The molecule has 22 nitrogen and oxygen atoms in total. The maximum absolute atomic E-state index is 14.1. The Kier molecular flexibility index (Phi) is 19.9. The van der Waals surface area contributed by atoms with E-state index in [0.717, 1.165) is 10.5 Å². The van der Waals surface area contributed by atoms with Crippen LogP contribution in [0.1, 0.15) is 82.8 Å². The fourth-order valence-electron chi connectivity index (χ4n) is 9.62. The number of primary amides is 1. The minimum Gasteiger partial charge on any atom is -0.497 e. The summed E-state index contributed by atoms with van der Waals surface area (Å²) in [6.45, 7) is 6.41. The van der Waals surface area contributed by atoms with Crippen LogP contribution in [0.2, 0.25) is 0 Å². The number of urea groups is 1. The van der Waals surface area contributed by atoms with Crippen LogP contribution in [0.4, 0.5) is 21.0 Å². The summed E-state index contributed by atoms with van der Waals surface area (Å²) in [5, 5.41) is 11.1. The molecule has 3 aromatic carbocycles. The largest absolute Gasteiger partial charge is 0.497 e. The topological polar surface area (TPSA) is 283 Å². The van der Waals surface area contributed by atoms with Gasteiger partial charge >= 0.3 is 12.1 Å². The van der Waals surface area contributed by atoms with Gasteiger partial charge in [0, 0.05) is 94.5 Å². The van der Waals surface area contributed by atoms with Crippen LogP contribution in [0.25, 0.3) is 11.0 Å². The number of Topliss-reactive ketones (excluding diaryl/α,β-unsaturated/α-hetero) is 1. The Morgan fingerprint density at radius 3 is 2.34 bits per heavy atom. The Labute approximate surface area is 446 Å². The van der Waals surface area contributed by atoms with E-state index in [0.29, 0.717) is 104 Å². The normalized spacial score (nSPS) is 15.3. The molecule has 0 bridgehead atoms. The number of hydrogen-bond acceptors (Lipinski definition) is 14. The number of imide groups is 1. The number of anilines is 2. The van der Waals surface area contributed by atoms with E-state index in [1.165, 1.54) is 18.3 Å². The van der Waals surface area contributed by atoms with E-state index in [-0.39, 0.29) is 99.0 Å². The van der Waals surface area contributed by atoms with E-state index in [2.05, 4.69) is 31.2 Å². The quantitative estimate of drug-likeness (QED) is 0.0424. The van der Waals surface area contributed by atoms with Crippen LogP contribution in [0, 0.1) is 11.8 Å². The summed E-state index contributed by atoms with van der Waals surface area (Å²) in [4.78, 5) is 124. The molecule has 3 aliphatic rings. The summed E-state index contributed by atoms with van der Waals surface area (Å²) in [6.07, 6.45) is 6.63. The fraction of sp³-hybridized carbons (Fsp3) is 0.455. The van der Waals surface area contributed by atoms with E-state index in [9.17, 15) is 43.2 Å². The zero-order chi connectivity index (χ0) is 55.0. The lowest BCUT2D eigenvalue weighted by Gasteiger charge is -2.38. The van der Waals surface area contributed by atoms with Gasteiger partial charge in [0.1, 0.15) is 18.1 Å². The number of amides is 8. The molecule has 4 aromatic rings. The van der Waals surface area contributed by atoms with E-state index in [4.69, 9.17) is 19.9 Å². The fourth-order valence-corrected chi connectivity index (χ4v) is 9.62. The van der Waals surface area contributed by atoms with Gasteiger partial charge in [-0.3, -0.25) is 38.5 Å². The van der Waals surface area contributed by atoms with Crippen molar-refractivity contribution in [2.75, 3.05) is 57.1 Å². The lowest BCUT2D eigenvalue weighted by Crippen LogP contribution is -2.48. The number of likely N-dealkylation sites (tertiary alicyclic amines) is 1. The van der Waals surface area contributed by atoms with Gasteiger partial charge in [0.2, 0.25) is 11.8 Å². The van der Waals surface area contributed by atoms with Crippen molar-refractivity contribution in [3.63, 3.8) is 0 Å². The lowest BCUT2D eigenvalue weighted by atomic mass is 9.89. The van der Waals surface area contributed by atoms with Crippen LogP contribution in [0.15, 0.2) is 83.8 Å². The maximum Gasteiger partial charge on any atom is 0.410 e. The number of ketones is 1. The second-order valence-corrected chi connectivity index (χ2v) is 19.8. The number of rotatable bonds is 26. The van der Waals surface area contributed by atoms with Crippen LogP contribution in [-0.4, -0.2) is 130 Å². The van der Waals surface area contributed by atoms with Gasteiger partial charge in [-0.15, -0.1) is 0 Å². The highest BCUT2D eigenvalue weighted by Gasteiger charge is 2.32. The van der Waals surface area contributed by atoms with Crippen molar-refractivity contribution < 1.29 is 52.6 Å². The summed E-state index contributed by atoms with van der Waals surface area (Å²) in [5.74, 6) is -2.03. The molecule has 0 aliphatic carbocycles. The number of piperidine rings is 1. The predicted octanol–water partition coefficient (Wildman–Crippen LogP) is 4.63. The molecule has 7 rings (SSSR count). The van der Waals surface area contributed by atoms with Crippen molar-refractivity contribution in [1.82, 2.24) is 34.9 Å². The number of carbonyl (C=O) groups is 8. The monoisotopic (exact) mass is 1060 g/mol. The molecule has 3 aliphatic heterocycles. The van der Waals surface area contributed by atoms with Crippen molar-refractivity contribution in [2.24, 2.45) is 17.6 Å². The Morgan fingerprint density at radius 2 is 1.62 bits per heavy atom. The van der Waals surface area contributed by atoms with Crippen molar-refractivity contribution in [1.29, 1.82) is 0 Å². The highest BCUT2D eigenvalue weighted by Crippen LogP contribution is 2.31. The van der Waals surface area contributed by atoms with Crippen LogP contribution >= 0.6 is 0 Å². The minimum absolute atomic E-state index is 0.0828. The third-order valence-corrected chi connectivity index (χ3v) is 13.9. The second-order valence-electron chi connectivity index (χ2n) is 19.8. The number of aromatic nitrogens is 2. The summed E-state index contributed by atoms with van der Waals surface area (Å²) >= 11 is 0. The first kappa shape index (κ1) is 56.6. The van der Waals surface area contributed by atoms with E-state index >= 15 is 0 Å². The molecule has 77 heavy (non-hydrogen) atoms. The van der Waals surface area contributed by atoms with Gasteiger partial charge in [0.05, 0.1) is 36.1 Å². The lowest BCUT2D eigenvalue weighted by molar-refractivity contribution is -0.137. The van der Waals surface area contributed by atoms with Gasteiger partial charge in [-0.05, 0) is 92.0 Å². The minimum atomic E-state index is -0.864. The van der Waals surface area contributed by atoms with E-state index in [1.54, 1.807) is 79.0 Å². The number of carbonyl (C=O) groups excluding carboxylic acids is 8. The van der Waals surface area contributed by atoms with Crippen LogP contribution < -0.4 is 42.0 Å².